The molecule has 152 valence electrons. The molecule has 1 atom stereocenters. The summed E-state index contributed by atoms with van der Waals surface area (Å²) in [5.74, 6) is -1.01. The summed E-state index contributed by atoms with van der Waals surface area (Å²) in [6.07, 6.45) is 6.50. The van der Waals surface area contributed by atoms with Gasteiger partial charge in [-0.15, -0.1) is 10.2 Å². The second-order valence-corrected chi connectivity index (χ2v) is 5.95. The number of aldehydes is 1. The molecule has 0 aliphatic rings. The van der Waals surface area contributed by atoms with Gasteiger partial charge in [0.25, 0.3) is 0 Å². The fraction of sp³-hybridized carbons (Fsp3) is 0.100. The zero-order valence-electron chi connectivity index (χ0n) is 15.9. The zero-order chi connectivity index (χ0) is 21.3. The van der Waals surface area contributed by atoms with Crippen LogP contribution in [0, 0.1) is 0 Å². The Kier molecular flexibility index (Phi) is 6.74. The molecule has 0 spiro atoms. The van der Waals surface area contributed by atoms with E-state index in [1.165, 1.54) is 7.11 Å². The van der Waals surface area contributed by atoms with Crippen LogP contribution in [0.4, 0.5) is 0 Å². The number of methoxy groups -OCH3 is 1. The van der Waals surface area contributed by atoms with Crippen molar-refractivity contribution < 1.29 is 19.4 Å². The number of aromatic nitrogens is 6. The molecule has 2 heterocycles. The Bertz CT molecular complexity index is 1060. The highest BCUT2D eigenvalue weighted by atomic mass is 16.5. The first-order valence-electron chi connectivity index (χ1n) is 8.76. The molecule has 0 amide bonds. The van der Waals surface area contributed by atoms with Crippen LogP contribution in [0.15, 0.2) is 73.3 Å². The lowest BCUT2D eigenvalue weighted by Gasteiger charge is -2.11. The van der Waals surface area contributed by atoms with E-state index in [1.54, 1.807) is 70.5 Å². The maximum absolute atomic E-state index is 10.9. The SMILES string of the molecule is COC(C(=O)O)c1ccc(-n2ccnn2)cc1.O=Cc1ccc(-n2ccnn2)cc1. The van der Waals surface area contributed by atoms with E-state index < -0.39 is 12.1 Å². The van der Waals surface area contributed by atoms with Gasteiger partial charge in [0.1, 0.15) is 6.29 Å². The van der Waals surface area contributed by atoms with Crippen molar-refractivity contribution in [2.75, 3.05) is 7.11 Å². The first-order chi connectivity index (χ1) is 14.6. The van der Waals surface area contributed by atoms with Crippen LogP contribution in [0.2, 0.25) is 0 Å². The van der Waals surface area contributed by atoms with Crippen LogP contribution < -0.4 is 0 Å². The lowest BCUT2D eigenvalue weighted by atomic mass is 10.1. The van der Waals surface area contributed by atoms with Crippen LogP contribution in [0.1, 0.15) is 22.0 Å². The smallest absolute Gasteiger partial charge is 0.337 e. The van der Waals surface area contributed by atoms with E-state index in [-0.39, 0.29) is 0 Å². The Morgan fingerprint density at radius 3 is 1.80 bits per heavy atom. The summed E-state index contributed by atoms with van der Waals surface area (Å²) in [6, 6.07) is 14.0. The van der Waals surface area contributed by atoms with Gasteiger partial charge in [-0.2, -0.15) is 0 Å². The van der Waals surface area contributed by atoms with Crippen LogP contribution in [0.25, 0.3) is 11.4 Å². The normalized spacial score (nSPS) is 11.2. The van der Waals surface area contributed by atoms with Crippen molar-refractivity contribution in [3.8, 4) is 11.4 Å². The van der Waals surface area contributed by atoms with Crippen molar-refractivity contribution >= 4 is 12.3 Å². The fourth-order valence-corrected chi connectivity index (χ4v) is 2.58. The highest BCUT2D eigenvalue weighted by Gasteiger charge is 2.18. The molecule has 30 heavy (non-hydrogen) atoms. The number of rotatable bonds is 6. The summed E-state index contributed by atoms with van der Waals surface area (Å²) in [6.45, 7) is 0. The van der Waals surface area contributed by atoms with E-state index >= 15 is 0 Å². The van der Waals surface area contributed by atoms with E-state index in [2.05, 4.69) is 20.6 Å². The van der Waals surface area contributed by atoms with E-state index in [4.69, 9.17) is 9.84 Å². The monoisotopic (exact) mass is 406 g/mol. The average molecular weight is 406 g/mol. The molecule has 0 saturated carbocycles. The topological polar surface area (TPSA) is 125 Å². The number of hydrogen-bond acceptors (Lipinski definition) is 7. The molecule has 0 aliphatic carbocycles. The lowest BCUT2D eigenvalue weighted by Crippen LogP contribution is -2.13. The second kappa shape index (κ2) is 9.85. The molecule has 2 aromatic carbocycles. The van der Waals surface area contributed by atoms with E-state index in [0.717, 1.165) is 17.7 Å². The van der Waals surface area contributed by atoms with Crippen LogP contribution in [-0.4, -0.2) is 54.5 Å². The molecule has 1 N–H and O–H groups in total. The minimum Gasteiger partial charge on any atom is -0.479 e. The highest BCUT2D eigenvalue weighted by molar-refractivity contribution is 5.75. The van der Waals surface area contributed by atoms with Gasteiger partial charge in [-0.1, -0.05) is 22.6 Å². The van der Waals surface area contributed by atoms with Gasteiger partial charge in [-0.25, -0.2) is 14.2 Å². The Balaban J connectivity index is 0.000000177. The molecule has 1 unspecified atom stereocenters. The maximum atomic E-state index is 10.9. The Labute approximate surface area is 171 Å². The van der Waals surface area contributed by atoms with Gasteiger partial charge in [0.2, 0.25) is 0 Å². The third-order valence-corrected chi connectivity index (χ3v) is 4.06. The van der Waals surface area contributed by atoms with Crippen molar-refractivity contribution in [3.63, 3.8) is 0 Å². The Morgan fingerprint density at radius 2 is 1.43 bits per heavy atom. The quantitative estimate of drug-likeness (QED) is 0.483. The molecule has 10 heteroatoms. The van der Waals surface area contributed by atoms with Gasteiger partial charge >= 0.3 is 5.97 Å². The van der Waals surface area contributed by atoms with Gasteiger partial charge in [-0.05, 0) is 42.0 Å². The first kappa shape index (κ1) is 20.6. The number of carboxylic acids is 1. The van der Waals surface area contributed by atoms with E-state index in [1.807, 2.05) is 12.1 Å². The number of benzene rings is 2. The summed E-state index contributed by atoms with van der Waals surface area (Å²) in [4.78, 5) is 21.3. The predicted molar refractivity (Wildman–Crippen MR) is 105 cm³/mol. The van der Waals surface area contributed by atoms with Gasteiger partial charge in [0, 0.05) is 12.7 Å². The van der Waals surface area contributed by atoms with Crippen molar-refractivity contribution in [1.29, 1.82) is 0 Å². The molecule has 0 radical (unpaired) electrons. The highest BCUT2D eigenvalue weighted by Crippen LogP contribution is 2.18. The number of carbonyl (C=O) groups excluding carboxylic acids is 1. The van der Waals surface area contributed by atoms with Gasteiger partial charge < -0.3 is 9.84 Å². The molecule has 0 aliphatic heterocycles. The maximum Gasteiger partial charge on any atom is 0.337 e. The predicted octanol–water partition coefficient (Wildman–Crippen LogP) is 2.12. The molecule has 4 rings (SSSR count). The van der Waals surface area contributed by atoms with Crippen LogP contribution in [-0.2, 0) is 9.53 Å². The van der Waals surface area contributed by atoms with Crippen LogP contribution >= 0.6 is 0 Å². The Morgan fingerprint density at radius 1 is 0.933 bits per heavy atom. The summed E-state index contributed by atoms with van der Waals surface area (Å²) in [7, 11) is 1.37. The van der Waals surface area contributed by atoms with Gasteiger partial charge in [0.15, 0.2) is 6.10 Å². The van der Waals surface area contributed by atoms with Gasteiger partial charge in [-0.3, -0.25) is 4.79 Å². The third kappa shape index (κ3) is 5.00. The van der Waals surface area contributed by atoms with Gasteiger partial charge in [0.05, 0.1) is 36.2 Å². The summed E-state index contributed by atoms with van der Waals surface area (Å²) in [5.41, 5.74) is 2.95. The fourth-order valence-electron chi connectivity index (χ4n) is 2.58. The van der Waals surface area contributed by atoms with Crippen molar-refractivity contribution in [1.82, 2.24) is 30.0 Å². The number of carbonyl (C=O) groups is 2. The molecule has 0 saturated heterocycles. The van der Waals surface area contributed by atoms with Crippen molar-refractivity contribution in [2.45, 2.75) is 6.10 Å². The van der Waals surface area contributed by atoms with Crippen LogP contribution in [0.3, 0.4) is 0 Å². The molecular weight excluding hydrogens is 388 g/mol. The summed E-state index contributed by atoms with van der Waals surface area (Å²) >= 11 is 0. The van der Waals surface area contributed by atoms with Crippen molar-refractivity contribution in [3.05, 3.63) is 84.4 Å². The number of aliphatic carboxylic acids is 1. The van der Waals surface area contributed by atoms with E-state index in [9.17, 15) is 9.59 Å². The Hall–Kier alpha value is -4.18. The second-order valence-electron chi connectivity index (χ2n) is 5.95. The molecular formula is C20H18N6O4. The van der Waals surface area contributed by atoms with Crippen molar-refractivity contribution in [2.24, 2.45) is 0 Å². The molecule has 10 nitrogen and oxygen atoms in total. The number of carboxylic acid groups (broad SMARTS) is 1. The molecule has 0 fully saturated rings. The minimum absolute atomic E-state index is 0.587. The number of hydrogen-bond donors (Lipinski definition) is 1. The first-order valence-corrected chi connectivity index (χ1v) is 8.76. The summed E-state index contributed by atoms with van der Waals surface area (Å²) in [5, 5.41) is 24.0. The largest absolute Gasteiger partial charge is 0.479 e. The van der Waals surface area contributed by atoms with E-state index in [0.29, 0.717) is 11.1 Å². The lowest BCUT2D eigenvalue weighted by molar-refractivity contribution is -0.148. The van der Waals surface area contributed by atoms with Crippen LogP contribution in [0.5, 0.6) is 0 Å². The minimum atomic E-state index is -1.01. The zero-order valence-corrected chi connectivity index (χ0v) is 15.9. The number of nitrogens with zero attached hydrogens (tertiary/aromatic N) is 6. The molecule has 4 aromatic rings. The molecule has 2 aromatic heterocycles. The average Bonchev–Trinajstić information content (AvgIpc) is 3.50. The third-order valence-electron chi connectivity index (χ3n) is 4.06. The standard InChI is InChI=1S/C11H11N3O3.C9H7N3O/c1-17-10(11(15)16)8-2-4-9(5-3-8)14-7-6-12-13-14;13-7-8-1-3-9(4-2-8)12-6-5-10-11-12/h2-7,10H,1H3,(H,15,16);1-7H. The number of ether oxygens (including phenoxy) is 1. The summed E-state index contributed by atoms with van der Waals surface area (Å²) < 4.78 is 8.12. The molecule has 0 bridgehead atoms.